The number of hydrogen-bond donors (Lipinski definition) is 2. The number of nitrogens with one attached hydrogen (secondary N) is 1. The molecule has 0 aromatic heterocycles. The first-order chi connectivity index (χ1) is 9.24. The highest BCUT2D eigenvalue weighted by Crippen LogP contribution is 2.16. The van der Waals surface area contributed by atoms with Gasteiger partial charge in [-0.25, -0.2) is 4.79 Å². The molecule has 110 valence electrons. The Morgan fingerprint density at radius 2 is 1.85 bits per heavy atom. The summed E-state index contributed by atoms with van der Waals surface area (Å²) in [7, 11) is 1.03. The second-order valence-electron chi connectivity index (χ2n) is 3.99. The molecular weight excluding hydrogens is 277 g/mol. The van der Waals surface area contributed by atoms with Crippen LogP contribution >= 0.6 is 0 Å². The lowest BCUT2D eigenvalue weighted by Crippen LogP contribution is -2.48. The van der Waals surface area contributed by atoms with Crippen molar-refractivity contribution in [2.45, 2.75) is 18.6 Å². The minimum atomic E-state index is -5.06. The van der Waals surface area contributed by atoms with E-state index in [0.717, 1.165) is 7.11 Å². The monoisotopic (exact) mass is 290 g/mol. The molecule has 0 bridgehead atoms. The Morgan fingerprint density at radius 1 is 1.30 bits per heavy atom. The fraction of sp³-hybridized carbons (Fsp3) is 0.333. The first-order valence-corrected chi connectivity index (χ1v) is 5.54. The second-order valence-corrected chi connectivity index (χ2v) is 3.99. The van der Waals surface area contributed by atoms with Gasteiger partial charge in [-0.3, -0.25) is 4.79 Å². The molecule has 1 amide bonds. The highest BCUT2D eigenvalue weighted by Gasteiger charge is 2.41. The van der Waals surface area contributed by atoms with Gasteiger partial charge < -0.3 is 15.8 Å². The van der Waals surface area contributed by atoms with Gasteiger partial charge in [-0.15, -0.1) is 0 Å². The molecule has 1 rings (SSSR count). The number of benzene rings is 1. The van der Waals surface area contributed by atoms with Crippen LogP contribution in [0, 0.1) is 0 Å². The molecule has 0 aliphatic heterocycles. The molecule has 0 saturated heterocycles. The Hall–Kier alpha value is -2.25. The number of carbonyl (C=O) groups is 2. The van der Waals surface area contributed by atoms with E-state index < -0.39 is 24.1 Å². The Morgan fingerprint density at radius 3 is 2.30 bits per heavy atom. The standard InChI is InChI=1S/C12H13F3N2O3/c1-20-10(18)9(17-11(19)12(13,14)15)6-7-2-4-8(16)5-3-7/h2-5,9H,6,16H2,1H3,(H,17,19). The molecule has 0 heterocycles. The maximum absolute atomic E-state index is 12.2. The molecular formula is C12H13F3N2O3. The number of methoxy groups -OCH3 is 1. The average Bonchev–Trinajstić information content (AvgIpc) is 2.38. The topological polar surface area (TPSA) is 81.4 Å². The Labute approximate surface area is 112 Å². The van der Waals surface area contributed by atoms with Crippen LogP contribution in [-0.2, 0) is 20.7 Å². The maximum Gasteiger partial charge on any atom is 0.471 e. The minimum absolute atomic E-state index is 0.130. The summed E-state index contributed by atoms with van der Waals surface area (Å²) in [6.45, 7) is 0. The lowest BCUT2D eigenvalue weighted by Gasteiger charge is -2.17. The summed E-state index contributed by atoms with van der Waals surface area (Å²) in [6, 6.07) is 4.75. The lowest BCUT2D eigenvalue weighted by atomic mass is 10.1. The van der Waals surface area contributed by atoms with E-state index in [0.29, 0.717) is 11.3 Å². The first kappa shape index (κ1) is 15.8. The van der Waals surface area contributed by atoms with Crippen LogP contribution in [0.3, 0.4) is 0 Å². The van der Waals surface area contributed by atoms with Crippen molar-refractivity contribution in [1.82, 2.24) is 5.32 Å². The molecule has 0 spiro atoms. The Balaban J connectivity index is 2.82. The van der Waals surface area contributed by atoms with E-state index in [1.807, 2.05) is 0 Å². The lowest BCUT2D eigenvalue weighted by molar-refractivity contribution is -0.175. The Kier molecular flexibility index (Phi) is 4.95. The molecule has 0 saturated carbocycles. The smallest absolute Gasteiger partial charge is 0.467 e. The van der Waals surface area contributed by atoms with E-state index in [2.05, 4.69) is 4.74 Å². The molecule has 3 N–H and O–H groups in total. The summed E-state index contributed by atoms with van der Waals surface area (Å²) in [5.74, 6) is -3.15. The molecule has 0 fully saturated rings. The van der Waals surface area contributed by atoms with Crippen molar-refractivity contribution in [2.24, 2.45) is 0 Å². The molecule has 1 aromatic rings. The van der Waals surface area contributed by atoms with Gasteiger partial charge in [0.25, 0.3) is 0 Å². The van der Waals surface area contributed by atoms with Crippen molar-refractivity contribution in [1.29, 1.82) is 0 Å². The number of nitrogens with two attached hydrogens (primary N) is 1. The van der Waals surface area contributed by atoms with Crippen LogP contribution in [-0.4, -0.2) is 31.2 Å². The molecule has 0 aliphatic carbocycles. The van der Waals surface area contributed by atoms with Crippen molar-refractivity contribution in [3.8, 4) is 0 Å². The van der Waals surface area contributed by atoms with Crippen LogP contribution in [0.1, 0.15) is 5.56 Å². The molecule has 1 unspecified atom stereocenters. The number of hydrogen-bond acceptors (Lipinski definition) is 4. The van der Waals surface area contributed by atoms with Gasteiger partial charge >= 0.3 is 18.1 Å². The van der Waals surface area contributed by atoms with Crippen LogP contribution in [0.15, 0.2) is 24.3 Å². The van der Waals surface area contributed by atoms with E-state index in [4.69, 9.17) is 5.73 Å². The van der Waals surface area contributed by atoms with Crippen molar-refractivity contribution in [3.63, 3.8) is 0 Å². The summed E-state index contributed by atoms with van der Waals surface area (Å²) < 4.78 is 40.9. The van der Waals surface area contributed by atoms with Crippen LogP contribution in [0.4, 0.5) is 18.9 Å². The molecule has 0 aliphatic rings. The average molecular weight is 290 g/mol. The number of amides is 1. The Bertz CT molecular complexity index is 486. The van der Waals surface area contributed by atoms with Crippen LogP contribution in [0.2, 0.25) is 0 Å². The number of esters is 1. The molecule has 8 heteroatoms. The van der Waals surface area contributed by atoms with Gasteiger partial charge in [-0.1, -0.05) is 12.1 Å². The number of nitrogen functional groups attached to an aromatic ring is 1. The van der Waals surface area contributed by atoms with E-state index >= 15 is 0 Å². The van der Waals surface area contributed by atoms with Crippen molar-refractivity contribution in [2.75, 3.05) is 12.8 Å². The third-order valence-electron chi connectivity index (χ3n) is 2.47. The number of ether oxygens (including phenoxy) is 1. The van der Waals surface area contributed by atoms with Gasteiger partial charge in [0.15, 0.2) is 0 Å². The first-order valence-electron chi connectivity index (χ1n) is 5.54. The van der Waals surface area contributed by atoms with Gasteiger partial charge in [0, 0.05) is 12.1 Å². The van der Waals surface area contributed by atoms with E-state index in [-0.39, 0.29) is 6.42 Å². The quantitative estimate of drug-likeness (QED) is 0.641. The summed E-state index contributed by atoms with van der Waals surface area (Å²) in [5.41, 5.74) is 6.48. The molecule has 1 aromatic carbocycles. The second kappa shape index (κ2) is 6.27. The maximum atomic E-state index is 12.2. The number of alkyl halides is 3. The van der Waals surface area contributed by atoms with Crippen molar-refractivity contribution < 1.29 is 27.5 Å². The SMILES string of the molecule is COC(=O)C(Cc1ccc(N)cc1)NC(=O)C(F)(F)F. The largest absolute Gasteiger partial charge is 0.471 e. The zero-order valence-electron chi connectivity index (χ0n) is 10.5. The molecule has 0 radical (unpaired) electrons. The van der Waals surface area contributed by atoms with Crippen molar-refractivity contribution in [3.05, 3.63) is 29.8 Å². The summed E-state index contributed by atoms with van der Waals surface area (Å²) >= 11 is 0. The highest BCUT2D eigenvalue weighted by atomic mass is 19.4. The third-order valence-corrected chi connectivity index (χ3v) is 2.47. The number of rotatable bonds is 4. The molecule has 20 heavy (non-hydrogen) atoms. The van der Waals surface area contributed by atoms with Crippen LogP contribution in [0.25, 0.3) is 0 Å². The number of halogens is 3. The van der Waals surface area contributed by atoms with E-state index in [1.54, 1.807) is 17.4 Å². The van der Waals surface area contributed by atoms with Gasteiger partial charge in [0.2, 0.25) is 0 Å². The summed E-state index contributed by atoms with van der Waals surface area (Å²) in [4.78, 5) is 22.3. The predicted molar refractivity (Wildman–Crippen MR) is 64.6 cm³/mol. The van der Waals surface area contributed by atoms with Gasteiger partial charge in [0.05, 0.1) is 7.11 Å². The fourth-order valence-electron chi connectivity index (χ4n) is 1.47. The van der Waals surface area contributed by atoms with E-state index in [1.165, 1.54) is 12.1 Å². The molecule has 1 atom stereocenters. The van der Waals surface area contributed by atoms with Gasteiger partial charge in [-0.05, 0) is 17.7 Å². The summed E-state index contributed by atoms with van der Waals surface area (Å²) in [6.07, 6.45) is -5.19. The normalized spacial score (nSPS) is 12.6. The van der Waals surface area contributed by atoms with Crippen LogP contribution in [0.5, 0.6) is 0 Å². The minimum Gasteiger partial charge on any atom is -0.467 e. The highest BCUT2D eigenvalue weighted by molar-refractivity contribution is 5.87. The third kappa shape index (κ3) is 4.45. The van der Waals surface area contributed by atoms with Crippen molar-refractivity contribution >= 4 is 17.6 Å². The van der Waals surface area contributed by atoms with E-state index in [9.17, 15) is 22.8 Å². The van der Waals surface area contributed by atoms with Gasteiger partial charge in [0.1, 0.15) is 6.04 Å². The zero-order chi connectivity index (χ0) is 15.3. The zero-order valence-corrected chi connectivity index (χ0v) is 10.5. The van der Waals surface area contributed by atoms with Crippen LogP contribution < -0.4 is 11.1 Å². The number of carbonyl (C=O) groups excluding carboxylic acids is 2. The fourth-order valence-corrected chi connectivity index (χ4v) is 1.47. The van der Waals surface area contributed by atoms with Gasteiger partial charge in [-0.2, -0.15) is 13.2 Å². The number of anilines is 1. The molecule has 5 nitrogen and oxygen atoms in total. The predicted octanol–water partition coefficient (Wildman–Crippen LogP) is 1.03. The summed E-state index contributed by atoms with van der Waals surface area (Å²) in [5, 5.41) is 1.60.